The number of hydrogen-bond donors (Lipinski definition) is 2. The summed E-state index contributed by atoms with van der Waals surface area (Å²) in [5.41, 5.74) is 0.0400. The van der Waals surface area contributed by atoms with Crippen molar-refractivity contribution in [1.82, 2.24) is 5.32 Å². The van der Waals surface area contributed by atoms with E-state index in [0.717, 1.165) is 18.2 Å². The fourth-order valence-electron chi connectivity index (χ4n) is 2.13. The summed E-state index contributed by atoms with van der Waals surface area (Å²) in [4.78, 5) is 11.7. The van der Waals surface area contributed by atoms with Crippen LogP contribution < -0.4 is 5.32 Å². The van der Waals surface area contributed by atoms with E-state index < -0.39 is 11.6 Å². The average molecular weight is 267 g/mol. The van der Waals surface area contributed by atoms with Gasteiger partial charge in [-0.25, -0.2) is 8.78 Å². The predicted octanol–water partition coefficient (Wildman–Crippen LogP) is 1.56. The summed E-state index contributed by atoms with van der Waals surface area (Å²) in [6.07, 6.45) is 4.08. The minimum atomic E-state index is -0.591. The maximum Gasteiger partial charge on any atom is 0.224 e. The van der Waals surface area contributed by atoms with Gasteiger partial charge in [0.25, 0.3) is 0 Å². The Labute approximate surface area is 109 Å². The van der Waals surface area contributed by atoms with Gasteiger partial charge in [-0.3, -0.25) is 4.79 Å². The van der Waals surface area contributed by atoms with Gasteiger partial charge in [-0.2, -0.15) is 0 Å². The van der Waals surface area contributed by atoms with Crippen LogP contribution in [0, 0.1) is 17.6 Å². The highest BCUT2D eigenvalue weighted by atomic mass is 19.1. The van der Waals surface area contributed by atoms with Crippen LogP contribution in [-0.4, -0.2) is 23.7 Å². The lowest BCUT2D eigenvalue weighted by Crippen LogP contribution is -2.34. The number of nitrogens with one attached hydrogen (secondary N) is 1. The molecule has 0 fully saturated rings. The Balaban J connectivity index is 1.91. The SMILES string of the molecule is O=C(Cc1cc(F)ccc1F)N[C@@H]1C=C[C@H](CO)C1. The molecular formula is C14H15F2NO2. The predicted molar refractivity (Wildman–Crippen MR) is 66.3 cm³/mol. The third-order valence-electron chi connectivity index (χ3n) is 3.11. The molecule has 0 aliphatic heterocycles. The third kappa shape index (κ3) is 3.61. The highest BCUT2D eigenvalue weighted by molar-refractivity contribution is 5.79. The van der Waals surface area contributed by atoms with E-state index in [9.17, 15) is 13.6 Å². The summed E-state index contributed by atoms with van der Waals surface area (Å²) >= 11 is 0. The molecule has 2 rings (SSSR count). The summed E-state index contributed by atoms with van der Waals surface area (Å²) < 4.78 is 26.3. The Morgan fingerprint density at radius 1 is 1.37 bits per heavy atom. The Morgan fingerprint density at radius 2 is 2.16 bits per heavy atom. The minimum Gasteiger partial charge on any atom is -0.396 e. The first kappa shape index (κ1) is 13.7. The zero-order valence-corrected chi connectivity index (χ0v) is 10.3. The highest BCUT2D eigenvalue weighted by Crippen LogP contribution is 2.17. The molecule has 0 unspecified atom stereocenters. The fraction of sp³-hybridized carbons (Fsp3) is 0.357. The molecule has 0 heterocycles. The number of halogens is 2. The van der Waals surface area contributed by atoms with Crippen LogP contribution in [0.25, 0.3) is 0 Å². The van der Waals surface area contributed by atoms with E-state index in [4.69, 9.17) is 5.11 Å². The van der Waals surface area contributed by atoms with Crippen LogP contribution in [0.15, 0.2) is 30.4 Å². The van der Waals surface area contributed by atoms with Crippen molar-refractivity contribution in [3.8, 4) is 0 Å². The van der Waals surface area contributed by atoms with Crippen LogP contribution in [0.2, 0.25) is 0 Å². The van der Waals surface area contributed by atoms with Crippen LogP contribution in [0.4, 0.5) is 8.78 Å². The van der Waals surface area contributed by atoms with E-state index in [1.165, 1.54) is 0 Å². The van der Waals surface area contributed by atoms with Crippen LogP contribution in [0.5, 0.6) is 0 Å². The summed E-state index contributed by atoms with van der Waals surface area (Å²) in [6.45, 7) is 0.0431. The maximum absolute atomic E-state index is 13.4. The first-order chi connectivity index (χ1) is 9.08. The van der Waals surface area contributed by atoms with Crippen molar-refractivity contribution in [3.05, 3.63) is 47.5 Å². The van der Waals surface area contributed by atoms with Crippen molar-refractivity contribution in [3.63, 3.8) is 0 Å². The quantitative estimate of drug-likeness (QED) is 0.813. The second-order valence-electron chi connectivity index (χ2n) is 4.65. The molecule has 1 aliphatic carbocycles. The van der Waals surface area contributed by atoms with Crippen LogP contribution in [0.3, 0.4) is 0 Å². The molecule has 0 radical (unpaired) electrons. The van der Waals surface area contributed by atoms with Crippen molar-refractivity contribution in [2.45, 2.75) is 18.9 Å². The van der Waals surface area contributed by atoms with E-state index in [-0.39, 0.29) is 36.5 Å². The summed E-state index contributed by atoms with van der Waals surface area (Å²) in [6, 6.07) is 2.90. The molecular weight excluding hydrogens is 252 g/mol. The molecule has 0 spiro atoms. The molecule has 2 N–H and O–H groups in total. The Hall–Kier alpha value is -1.75. The standard InChI is InChI=1S/C14H15F2NO2/c15-11-2-4-13(16)10(6-11)7-14(19)17-12-3-1-9(5-12)8-18/h1-4,6,9,12,18H,5,7-8H2,(H,17,19)/t9-,12+/m0/s1. The van der Waals surface area contributed by atoms with Gasteiger partial charge >= 0.3 is 0 Å². The van der Waals surface area contributed by atoms with E-state index >= 15 is 0 Å². The summed E-state index contributed by atoms with van der Waals surface area (Å²) in [5.74, 6) is -1.47. The van der Waals surface area contributed by atoms with Crippen molar-refractivity contribution in [2.75, 3.05) is 6.61 Å². The third-order valence-corrected chi connectivity index (χ3v) is 3.11. The van der Waals surface area contributed by atoms with Crippen LogP contribution in [-0.2, 0) is 11.2 Å². The van der Waals surface area contributed by atoms with E-state index in [1.54, 1.807) is 6.08 Å². The molecule has 3 nitrogen and oxygen atoms in total. The van der Waals surface area contributed by atoms with Crippen molar-refractivity contribution >= 4 is 5.91 Å². The minimum absolute atomic E-state index is 0.0400. The van der Waals surface area contributed by atoms with E-state index in [1.807, 2.05) is 6.08 Å². The molecule has 102 valence electrons. The van der Waals surface area contributed by atoms with Crippen LogP contribution >= 0.6 is 0 Å². The molecule has 2 atom stereocenters. The van der Waals surface area contributed by atoms with Gasteiger partial charge in [0, 0.05) is 24.1 Å². The van der Waals surface area contributed by atoms with Gasteiger partial charge in [0.2, 0.25) is 5.91 Å². The first-order valence-corrected chi connectivity index (χ1v) is 6.11. The Morgan fingerprint density at radius 3 is 2.84 bits per heavy atom. The lowest BCUT2D eigenvalue weighted by molar-refractivity contribution is -0.120. The molecule has 0 bridgehead atoms. The highest BCUT2D eigenvalue weighted by Gasteiger charge is 2.20. The zero-order chi connectivity index (χ0) is 13.8. The summed E-state index contributed by atoms with van der Waals surface area (Å²) in [7, 11) is 0. The number of carbonyl (C=O) groups is 1. The van der Waals surface area contributed by atoms with Gasteiger partial charge in [0.05, 0.1) is 6.42 Å². The number of rotatable bonds is 4. The molecule has 19 heavy (non-hydrogen) atoms. The van der Waals surface area contributed by atoms with Gasteiger partial charge in [0.1, 0.15) is 11.6 Å². The molecule has 1 aromatic carbocycles. The number of amides is 1. The molecule has 5 heteroatoms. The van der Waals surface area contributed by atoms with Gasteiger partial charge in [-0.15, -0.1) is 0 Å². The average Bonchev–Trinajstić information content (AvgIpc) is 2.81. The summed E-state index contributed by atoms with van der Waals surface area (Å²) in [5, 5.41) is 11.7. The molecule has 0 saturated heterocycles. The molecule has 0 aromatic heterocycles. The van der Waals surface area contributed by atoms with Crippen LogP contribution in [0.1, 0.15) is 12.0 Å². The maximum atomic E-state index is 13.4. The van der Waals surface area contributed by atoms with Gasteiger partial charge in [-0.05, 0) is 24.6 Å². The lowest BCUT2D eigenvalue weighted by Gasteiger charge is -2.13. The number of aliphatic hydroxyl groups excluding tert-OH is 1. The number of benzene rings is 1. The second kappa shape index (κ2) is 5.93. The molecule has 1 amide bonds. The van der Waals surface area contributed by atoms with E-state index in [0.29, 0.717) is 6.42 Å². The first-order valence-electron chi connectivity index (χ1n) is 6.11. The van der Waals surface area contributed by atoms with Gasteiger partial charge in [-0.1, -0.05) is 12.2 Å². The number of aliphatic hydroxyl groups is 1. The Kier molecular flexibility index (Phi) is 4.27. The lowest BCUT2D eigenvalue weighted by atomic mass is 10.1. The topological polar surface area (TPSA) is 49.3 Å². The largest absolute Gasteiger partial charge is 0.396 e. The number of hydrogen-bond acceptors (Lipinski definition) is 2. The molecule has 1 aromatic rings. The Bertz CT molecular complexity index is 502. The molecule has 0 saturated carbocycles. The van der Waals surface area contributed by atoms with Gasteiger partial charge in [0.15, 0.2) is 0 Å². The fourth-order valence-corrected chi connectivity index (χ4v) is 2.13. The van der Waals surface area contributed by atoms with Crippen molar-refractivity contribution in [2.24, 2.45) is 5.92 Å². The van der Waals surface area contributed by atoms with E-state index in [2.05, 4.69) is 5.32 Å². The monoisotopic (exact) mass is 267 g/mol. The smallest absolute Gasteiger partial charge is 0.224 e. The van der Waals surface area contributed by atoms with Gasteiger partial charge < -0.3 is 10.4 Å². The molecule has 1 aliphatic rings. The second-order valence-corrected chi connectivity index (χ2v) is 4.65. The number of carbonyl (C=O) groups excluding carboxylic acids is 1. The normalized spacial score (nSPS) is 21.6. The van der Waals surface area contributed by atoms with Crippen molar-refractivity contribution < 1.29 is 18.7 Å². The van der Waals surface area contributed by atoms with Crippen molar-refractivity contribution in [1.29, 1.82) is 0 Å². The zero-order valence-electron chi connectivity index (χ0n) is 10.3.